The van der Waals surface area contributed by atoms with Gasteiger partial charge in [-0.1, -0.05) is 12.1 Å². The second-order valence-corrected chi connectivity index (χ2v) is 7.13. The SMILES string of the molecule is C[S@](=O)c1ccccc1C(=O)OCC(=O)NC(=O)NC(C)(C)C. The van der Waals surface area contributed by atoms with Crippen LogP contribution in [-0.2, 0) is 20.3 Å². The smallest absolute Gasteiger partial charge is 0.339 e. The maximum atomic E-state index is 12.0. The van der Waals surface area contributed by atoms with Gasteiger partial charge < -0.3 is 10.1 Å². The summed E-state index contributed by atoms with van der Waals surface area (Å²) in [4.78, 5) is 35.4. The highest BCUT2D eigenvalue weighted by Crippen LogP contribution is 2.13. The maximum absolute atomic E-state index is 12.0. The second-order valence-electron chi connectivity index (χ2n) is 5.78. The molecule has 8 heteroatoms. The van der Waals surface area contributed by atoms with E-state index >= 15 is 0 Å². The minimum atomic E-state index is -1.36. The number of rotatable bonds is 4. The molecule has 0 heterocycles. The highest BCUT2D eigenvalue weighted by Gasteiger charge is 2.18. The van der Waals surface area contributed by atoms with Crippen LogP contribution in [0.1, 0.15) is 31.1 Å². The standard InChI is InChI=1S/C15H20N2O5S/c1-15(2,3)17-14(20)16-12(18)9-22-13(19)10-7-5-6-8-11(10)23(4)21/h5-8H,9H2,1-4H3,(H2,16,17,18,20)/t23-/m0/s1. The number of ether oxygens (including phenoxy) is 1. The van der Waals surface area contributed by atoms with Gasteiger partial charge >= 0.3 is 12.0 Å². The molecule has 0 aromatic heterocycles. The largest absolute Gasteiger partial charge is 0.452 e. The summed E-state index contributed by atoms with van der Waals surface area (Å²) in [6.45, 7) is 4.68. The van der Waals surface area contributed by atoms with Gasteiger partial charge in [0.05, 0.1) is 21.3 Å². The molecule has 0 saturated heterocycles. The lowest BCUT2D eigenvalue weighted by Gasteiger charge is -2.20. The summed E-state index contributed by atoms with van der Waals surface area (Å²) in [5, 5.41) is 4.60. The predicted molar refractivity (Wildman–Crippen MR) is 85.5 cm³/mol. The summed E-state index contributed by atoms with van der Waals surface area (Å²) in [5.41, 5.74) is -0.370. The molecule has 3 amide bonds. The van der Waals surface area contributed by atoms with Crippen LogP contribution >= 0.6 is 0 Å². The lowest BCUT2D eigenvalue weighted by molar-refractivity contribution is -0.123. The molecule has 2 N–H and O–H groups in total. The van der Waals surface area contributed by atoms with Crippen LogP contribution in [0.15, 0.2) is 29.2 Å². The van der Waals surface area contributed by atoms with E-state index in [1.807, 2.05) is 0 Å². The molecule has 1 rings (SSSR count). The first-order chi connectivity index (χ1) is 10.6. The molecule has 7 nitrogen and oxygen atoms in total. The molecule has 126 valence electrons. The Hall–Kier alpha value is -2.22. The minimum absolute atomic E-state index is 0.125. The van der Waals surface area contributed by atoms with Crippen molar-refractivity contribution in [3.05, 3.63) is 29.8 Å². The van der Waals surface area contributed by atoms with Crippen molar-refractivity contribution in [3.8, 4) is 0 Å². The summed E-state index contributed by atoms with van der Waals surface area (Å²) in [7, 11) is -1.36. The number of carbonyl (C=O) groups is 3. The normalized spacial score (nSPS) is 12.2. The van der Waals surface area contributed by atoms with Crippen LogP contribution in [0.4, 0.5) is 4.79 Å². The van der Waals surface area contributed by atoms with E-state index in [1.54, 1.807) is 39.0 Å². The number of imide groups is 1. The first-order valence-electron chi connectivity index (χ1n) is 6.82. The molecule has 1 aromatic carbocycles. The zero-order valence-electron chi connectivity index (χ0n) is 13.5. The summed E-state index contributed by atoms with van der Waals surface area (Å²) < 4.78 is 16.4. The molecule has 0 spiro atoms. The van der Waals surface area contributed by atoms with E-state index < -0.39 is 40.9 Å². The number of carbonyl (C=O) groups excluding carboxylic acids is 3. The average molecular weight is 340 g/mol. The second kappa shape index (κ2) is 7.87. The van der Waals surface area contributed by atoms with Crippen molar-refractivity contribution in [2.24, 2.45) is 0 Å². The van der Waals surface area contributed by atoms with Gasteiger partial charge in [-0.2, -0.15) is 0 Å². The van der Waals surface area contributed by atoms with E-state index in [0.717, 1.165) is 0 Å². The predicted octanol–water partition coefficient (Wildman–Crippen LogP) is 1.21. The van der Waals surface area contributed by atoms with Crippen molar-refractivity contribution in [1.82, 2.24) is 10.6 Å². The van der Waals surface area contributed by atoms with E-state index in [2.05, 4.69) is 10.6 Å². The summed E-state index contributed by atoms with van der Waals surface area (Å²) >= 11 is 0. The van der Waals surface area contributed by atoms with Crippen LogP contribution in [0.3, 0.4) is 0 Å². The Morgan fingerprint density at radius 3 is 2.35 bits per heavy atom. The Balaban J connectivity index is 2.59. The van der Waals surface area contributed by atoms with E-state index in [-0.39, 0.29) is 5.56 Å². The Morgan fingerprint density at radius 1 is 1.17 bits per heavy atom. The van der Waals surface area contributed by atoms with Gasteiger partial charge in [0.2, 0.25) is 0 Å². The summed E-state index contributed by atoms with van der Waals surface area (Å²) in [5.74, 6) is -1.53. The van der Waals surface area contributed by atoms with Crippen LogP contribution in [0.2, 0.25) is 0 Å². The van der Waals surface area contributed by atoms with Gasteiger partial charge in [0.25, 0.3) is 5.91 Å². The van der Waals surface area contributed by atoms with Crippen molar-refractivity contribution >= 4 is 28.7 Å². The molecular weight excluding hydrogens is 320 g/mol. The van der Waals surface area contributed by atoms with Crippen LogP contribution < -0.4 is 10.6 Å². The molecule has 0 fully saturated rings. The number of amides is 3. The molecule has 0 saturated carbocycles. The summed E-state index contributed by atoms with van der Waals surface area (Å²) in [6.07, 6.45) is 1.44. The third-order valence-electron chi connectivity index (χ3n) is 2.49. The fraction of sp³-hybridized carbons (Fsp3) is 0.400. The summed E-state index contributed by atoms with van der Waals surface area (Å²) in [6, 6.07) is 5.59. The van der Waals surface area contributed by atoms with Crippen molar-refractivity contribution in [1.29, 1.82) is 0 Å². The van der Waals surface area contributed by atoms with E-state index in [0.29, 0.717) is 4.90 Å². The van der Waals surface area contributed by atoms with Gasteiger partial charge in [-0.3, -0.25) is 14.3 Å². The Kier molecular flexibility index (Phi) is 6.44. The first-order valence-corrected chi connectivity index (χ1v) is 8.37. The number of esters is 1. The number of hydrogen-bond acceptors (Lipinski definition) is 5. The van der Waals surface area contributed by atoms with Gasteiger partial charge in [-0.05, 0) is 32.9 Å². The molecule has 1 aromatic rings. The molecule has 0 aliphatic rings. The number of nitrogens with one attached hydrogen (secondary N) is 2. The Morgan fingerprint density at radius 2 is 1.78 bits per heavy atom. The zero-order valence-corrected chi connectivity index (χ0v) is 14.3. The molecule has 0 unspecified atom stereocenters. The lowest BCUT2D eigenvalue weighted by Crippen LogP contribution is -2.49. The molecule has 0 bridgehead atoms. The monoisotopic (exact) mass is 340 g/mol. The molecule has 0 aliphatic carbocycles. The van der Waals surface area contributed by atoms with Gasteiger partial charge in [0, 0.05) is 11.8 Å². The molecule has 23 heavy (non-hydrogen) atoms. The number of benzene rings is 1. The van der Waals surface area contributed by atoms with Crippen molar-refractivity contribution < 1.29 is 23.3 Å². The van der Waals surface area contributed by atoms with Crippen LogP contribution in [0.25, 0.3) is 0 Å². The van der Waals surface area contributed by atoms with Crippen molar-refractivity contribution in [2.75, 3.05) is 12.9 Å². The lowest BCUT2D eigenvalue weighted by atomic mass is 10.1. The van der Waals surface area contributed by atoms with Gasteiger partial charge in [0.1, 0.15) is 0 Å². The number of hydrogen-bond donors (Lipinski definition) is 2. The highest BCUT2D eigenvalue weighted by molar-refractivity contribution is 7.84. The van der Waals surface area contributed by atoms with Crippen LogP contribution in [0, 0.1) is 0 Å². The molecule has 1 atom stereocenters. The van der Waals surface area contributed by atoms with Crippen molar-refractivity contribution in [3.63, 3.8) is 0 Å². The zero-order chi connectivity index (χ0) is 17.6. The van der Waals surface area contributed by atoms with Crippen molar-refractivity contribution in [2.45, 2.75) is 31.2 Å². The molecular formula is C15H20N2O5S. The van der Waals surface area contributed by atoms with E-state index in [1.165, 1.54) is 12.3 Å². The van der Waals surface area contributed by atoms with E-state index in [9.17, 15) is 18.6 Å². The number of urea groups is 1. The third kappa shape index (κ3) is 6.60. The van der Waals surface area contributed by atoms with Crippen LogP contribution in [-0.4, -0.2) is 40.5 Å². The van der Waals surface area contributed by atoms with Gasteiger partial charge in [-0.15, -0.1) is 0 Å². The quantitative estimate of drug-likeness (QED) is 0.802. The molecule has 0 aliphatic heterocycles. The fourth-order valence-corrected chi connectivity index (χ4v) is 2.36. The van der Waals surface area contributed by atoms with E-state index in [4.69, 9.17) is 4.74 Å². The molecule has 0 radical (unpaired) electrons. The topological polar surface area (TPSA) is 102 Å². The minimum Gasteiger partial charge on any atom is -0.452 e. The van der Waals surface area contributed by atoms with Gasteiger partial charge in [0.15, 0.2) is 6.61 Å². The Labute approximate surface area is 137 Å². The first kappa shape index (κ1) is 18.8. The van der Waals surface area contributed by atoms with Gasteiger partial charge in [-0.25, -0.2) is 9.59 Å². The highest BCUT2D eigenvalue weighted by atomic mass is 32.2. The average Bonchev–Trinajstić information content (AvgIpc) is 2.42. The Bertz CT molecular complexity index is 637. The third-order valence-corrected chi connectivity index (χ3v) is 3.47. The van der Waals surface area contributed by atoms with Crippen LogP contribution in [0.5, 0.6) is 0 Å². The maximum Gasteiger partial charge on any atom is 0.339 e. The fourth-order valence-electron chi connectivity index (χ4n) is 1.63.